The number of unbranched alkanes of at least 4 members (excludes halogenated alkanes) is 1. The van der Waals surface area contributed by atoms with Crippen LogP contribution >= 0.6 is 0 Å². The molecule has 0 amide bonds. The molecule has 0 bridgehead atoms. The predicted octanol–water partition coefficient (Wildman–Crippen LogP) is 3.86. The Morgan fingerprint density at radius 3 is 2.18 bits per heavy atom. The lowest BCUT2D eigenvalue weighted by molar-refractivity contribution is 0.128. The van der Waals surface area contributed by atoms with Gasteiger partial charge in [-0.25, -0.2) is 8.78 Å². The van der Waals surface area contributed by atoms with Crippen molar-refractivity contribution in [1.82, 2.24) is 0 Å². The highest BCUT2D eigenvalue weighted by Crippen LogP contribution is 2.16. The zero-order valence-corrected chi connectivity index (χ0v) is 7.45. The van der Waals surface area contributed by atoms with Gasteiger partial charge < -0.3 is 0 Å². The third kappa shape index (κ3) is 7.76. The summed E-state index contributed by atoms with van der Waals surface area (Å²) in [6.45, 7) is 4.18. The maximum atomic E-state index is 11.7. The van der Waals surface area contributed by atoms with E-state index in [2.05, 4.69) is 13.8 Å². The monoisotopic (exact) mass is 164 g/mol. The van der Waals surface area contributed by atoms with Gasteiger partial charge in [-0.3, -0.25) is 0 Å². The average molecular weight is 164 g/mol. The SMILES string of the molecule is CCCCC(C)CCC(F)F. The summed E-state index contributed by atoms with van der Waals surface area (Å²) < 4.78 is 23.4. The molecule has 0 aliphatic rings. The summed E-state index contributed by atoms with van der Waals surface area (Å²) in [5, 5.41) is 0. The second-order valence-corrected chi connectivity index (χ2v) is 3.22. The lowest BCUT2D eigenvalue weighted by atomic mass is 9.99. The fourth-order valence-corrected chi connectivity index (χ4v) is 1.11. The Morgan fingerprint density at radius 2 is 1.73 bits per heavy atom. The molecule has 0 radical (unpaired) electrons. The zero-order chi connectivity index (χ0) is 8.69. The standard InChI is InChI=1S/C9H18F2/c1-3-4-5-8(2)6-7-9(10)11/h8-9H,3-7H2,1-2H3. The topological polar surface area (TPSA) is 0 Å². The Bertz CT molecular complexity index is 81.6. The van der Waals surface area contributed by atoms with Crippen LogP contribution in [0.2, 0.25) is 0 Å². The molecule has 0 fully saturated rings. The first kappa shape index (κ1) is 10.9. The van der Waals surface area contributed by atoms with Crippen LogP contribution in [0.15, 0.2) is 0 Å². The number of rotatable bonds is 6. The van der Waals surface area contributed by atoms with Crippen molar-refractivity contribution in [3.63, 3.8) is 0 Å². The van der Waals surface area contributed by atoms with E-state index >= 15 is 0 Å². The fraction of sp³-hybridized carbons (Fsp3) is 1.00. The van der Waals surface area contributed by atoms with Crippen LogP contribution < -0.4 is 0 Å². The Balaban J connectivity index is 3.15. The molecule has 0 spiro atoms. The molecule has 1 atom stereocenters. The maximum absolute atomic E-state index is 11.7. The van der Waals surface area contributed by atoms with Gasteiger partial charge in [-0.2, -0.15) is 0 Å². The number of halogens is 2. The Hall–Kier alpha value is -0.140. The van der Waals surface area contributed by atoms with Crippen LogP contribution in [-0.2, 0) is 0 Å². The third-order valence-electron chi connectivity index (χ3n) is 1.93. The molecule has 0 aromatic rings. The van der Waals surface area contributed by atoms with E-state index in [0.717, 1.165) is 6.42 Å². The van der Waals surface area contributed by atoms with E-state index in [0.29, 0.717) is 12.3 Å². The van der Waals surface area contributed by atoms with Gasteiger partial charge in [0.25, 0.3) is 0 Å². The van der Waals surface area contributed by atoms with E-state index in [-0.39, 0.29) is 6.42 Å². The van der Waals surface area contributed by atoms with Crippen LogP contribution in [0.4, 0.5) is 8.78 Å². The average Bonchev–Trinajstić information content (AvgIpc) is 1.97. The minimum absolute atomic E-state index is 0.0743. The van der Waals surface area contributed by atoms with Crippen LogP contribution in [0.5, 0.6) is 0 Å². The molecular weight excluding hydrogens is 146 g/mol. The van der Waals surface area contributed by atoms with E-state index < -0.39 is 6.43 Å². The number of hydrogen-bond donors (Lipinski definition) is 0. The van der Waals surface area contributed by atoms with Crippen molar-refractivity contribution in [2.75, 3.05) is 0 Å². The van der Waals surface area contributed by atoms with Gasteiger partial charge in [0.05, 0.1) is 0 Å². The van der Waals surface area contributed by atoms with Gasteiger partial charge in [0.15, 0.2) is 0 Å². The van der Waals surface area contributed by atoms with Crippen molar-refractivity contribution < 1.29 is 8.78 Å². The predicted molar refractivity (Wildman–Crippen MR) is 43.9 cm³/mol. The van der Waals surface area contributed by atoms with Gasteiger partial charge in [0.2, 0.25) is 6.43 Å². The van der Waals surface area contributed by atoms with Gasteiger partial charge in [-0.1, -0.05) is 33.1 Å². The first-order chi connectivity index (χ1) is 5.16. The van der Waals surface area contributed by atoms with Crippen molar-refractivity contribution in [3.8, 4) is 0 Å². The first-order valence-electron chi connectivity index (χ1n) is 4.45. The summed E-state index contributed by atoms with van der Waals surface area (Å²) in [6.07, 6.45) is 2.08. The first-order valence-corrected chi connectivity index (χ1v) is 4.45. The lowest BCUT2D eigenvalue weighted by Crippen LogP contribution is -1.98. The quantitative estimate of drug-likeness (QED) is 0.559. The van der Waals surface area contributed by atoms with Crippen molar-refractivity contribution in [2.45, 2.75) is 52.4 Å². The van der Waals surface area contributed by atoms with Crippen LogP contribution in [-0.4, -0.2) is 6.43 Å². The Morgan fingerprint density at radius 1 is 1.09 bits per heavy atom. The fourth-order valence-electron chi connectivity index (χ4n) is 1.11. The van der Waals surface area contributed by atoms with E-state index in [1.807, 2.05) is 0 Å². The van der Waals surface area contributed by atoms with Crippen LogP contribution in [0.25, 0.3) is 0 Å². The van der Waals surface area contributed by atoms with Gasteiger partial charge >= 0.3 is 0 Å². The van der Waals surface area contributed by atoms with Gasteiger partial charge in [0, 0.05) is 6.42 Å². The zero-order valence-electron chi connectivity index (χ0n) is 7.45. The largest absolute Gasteiger partial charge is 0.238 e. The van der Waals surface area contributed by atoms with E-state index in [9.17, 15) is 8.78 Å². The van der Waals surface area contributed by atoms with Crippen molar-refractivity contribution in [2.24, 2.45) is 5.92 Å². The van der Waals surface area contributed by atoms with E-state index in [4.69, 9.17) is 0 Å². The van der Waals surface area contributed by atoms with Gasteiger partial charge in [0.1, 0.15) is 0 Å². The van der Waals surface area contributed by atoms with Crippen molar-refractivity contribution >= 4 is 0 Å². The molecule has 0 saturated carbocycles. The molecule has 0 rings (SSSR count). The van der Waals surface area contributed by atoms with E-state index in [1.165, 1.54) is 12.8 Å². The molecule has 2 heteroatoms. The highest BCUT2D eigenvalue weighted by atomic mass is 19.3. The second-order valence-electron chi connectivity index (χ2n) is 3.22. The number of alkyl halides is 2. The molecule has 11 heavy (non-hydrogen) atoms. The smallest absolute Gasteiger partial charge is 0.211 e. The Labute approximate surface area is 68.0 Å². The third-order valence-corrected chi connectivity index (χ3v) is 1.93. The minimum atomic E-state index is -2.11. The second kappa shape index (κ2) is 6.56. The molecule has 0 heterocycles. The summed E-state index contributed by atoms with van der Waals surface area (Å²) in [7, 11) is 0. The van der Waals surface area contributed by atoms with Crippen LogP contribution in [0.1, 0.15) is 46.0 Å². The normalized spacial score (nSPS) is 13.9. The molecule has 0 aromatic heterocycles. The highest BCUT2D eigenvalue weighted by Gasteiger charge is 2.06. The van der Waals surface area contributed by atoms with Crippen LogP contribution in [0, 0.1) is 5.92 Å². The molecular formula is C9H18F2. The molecule has 0 saturated heterocycles. The lowest BCUT2D eigenvalue weighted by Gasteiger charge is -2.09. The summed E-state index contributed by atoms with van der Waals surface area (Å²) in [5.41, 5.74) is 0. The molecule has 0 nitrogen and oxygen atoms in total. The highest BCUT2D eigenvalue weighted by molar-refractivity contribution is 4.54. The summed E-state index contributed by atoms with van der Waals surface area (Å²) in [6, 6.07) is 0. The summed E-state index contributed by atoms with van der Waals surface area (Å²) in [4.78, 5) is 0. The molecule has 68 valence electrons. The summed E-state index contributed by atoms with van der Waals surface area (Å²) in [5.74, 6) is 0.476. The molecule has 0 aromatic carbocycles. The Kier molecular flexibility index (Phi) is 6.48. The van der Waals surface area contributed by atoms with E-state index in [1.54, 1.807) is 0 Å². The summed E-state index contributed by atoms with van der Waals surface area (Å²) >= 11 is 0. The number of hydrogen-bond acceptors (Lipinski definition) is 0. The maximum Gasteiger partial charge on any atom is 0.238 e. The molecule has 0 aliphatic carbocycles. The van der Waals surface area contributed by atoms with Gasteiger partial charge in [-0.05, 0) is 12.3 Å². The minimum Gasteiger partial charge on any atom is -0.211 e. The molecule has 1 unspecified atom stereocenters. The molecule has 0 aliphatic heterocycles. The van der Waals surface area contributed by atoms with Crippen LogP contribution in [0.3, 0.4) is 0 Å². The van der Waals surface area contributed by atoms with Gasteiger partial charge in [-0.15, -0.1) is 0 Å². The molecule has 0 N–H and O–H groups in total. The van der Waals surface area contributed by atoms with Crippen molar-refractivity contribution in [1.29, 1.82) is 0 Å². The van der Waals surface area contributed by atoms with Crippen molar-refractivity contribution in [3.05, 3.63) is 0 Å².